The third-order valence-corrected chi connectivity index (χ3v) is 4.64. The average molecular weight is 270 g/mol. The molecule has 0 aromatic heterocycles. The molecule has 0 heterocycles. The van der Waals surface area contributed by atoms with Crippen LogP contribution in [0.15, 0.2) is 24.3 Å². The Morgan fingerprint density at radius 3 is 2.67 bits per heavy atom. The van der Waals surface area contributed by atoms with Crippen LogP contribution in [-0.4, -0.2) is 34.3 Å². The molecule has 4 nitrogen and oxygen atoms in total. The summed E-state index contributed by atoms with van der Waals surface area (Å²) in [6, 6.07) is 7.52. The number of nitrogens with one attached hydrogen (secondary N) is 1. The first kappa shape index (κ1) is 15.0. The monoisotopic (exact) mass is 270 g/mol. The van der Waals surface area contributed by atoms with Crippen molar-refractivity contribution in [2.24, 2.45) is 0 Å². The van der Waals surface area contributed by atoms with Crippen LogP contribution in [0.2, 0.25) is 0 Å². The van der Waals surface area contributed by atoms with Gasteiger partial charge in [-0.1, -0.05) is 19.1 Å². The van der Waals surface area contributed by atoms with Crippen LogP contribution in [0.1, 0.15) is 18.9 Å². The summed E-state index contributed by atoms with van der Waals surface area (Å²) in [6.07, 6.45) is 0.631. The summed E-state index contributed by atoms with van der Waals surface area (Å²) in [5.74, 6) is 0.171. The molecule has 0 aliphatic carbocycles. The SMILES string of the molecule is CCNCCCS(=O)(=O)N(C)c1cccc(C)c1. The third kappa shape index (κ3) is 4.31. The predicted octanol–water partition coefficient (Wildman–Crippen LogP) is 1.76. The maximum atomic E-state index is 12.1. The Labute approximate surface area is 110 Å². The molecule has 0 saturated heterocycles. The van der Waals surface area contributed by atoms with Crippen LogP contribution in [0.25, 0.3) is 0 Å². The van der Waals surface area contributed by atoms with E-state index in [1.165, 1.54) is 4.31 Å². The molecule has 0 atom stereocenters. The first-order chi connectivity index (χ1) is 8.47. The molecule has 0 spiro atoms. The highest BCUT2D eigenvalue weighted by atomic mass is 32.2. The molecule has 1 aromatic rings. The number of rotatable bonds is 7. The van der Waals surface area contributed by atoms with Crippen molar-refractivity contribution in [3.05, 3.63) is 29.8 Å². The average Bonchev–Trinajstić information content (AvgIpc) is 2.34. The van der Waals surface area contributed by atoms with Crippen LogP contribution in [0.3, 0.4) is 0 Å². The number of aryl methyl sites for hydroxylation is 1. The second-order valence-electron chi connectivity index (χ2n) is 4.33. The minimum Gasteiger partial charge on any atom is -0.317 e. The summed E-state index contributed by atoms with van der Waals surface area (Å²) in [6.45, 7) is 5.56. The van der Waals surface area contributed by atoms with Gasteiger partial charge in [-0.05, 0) is 44.1 Å². The summed E-state index contributed by atoms with van der Waals surface area (Å²) >= 11 is 0. The molecule has 0 fully saturated rings. The van der Waals surface area contributed by atoms with Gasteiger partial charge in [-0.3, -0.25) is 4.31 Å². The van der Waals surface area contributed by atoms with E-state index in [9.17, 15) is 8.42 Å². The molecule has 0 radical (unpaired) electrons. The van der Waals surface area contributed by atoms with Gasteiger partial charge in [0.15, 0.2) is 0 Å². The quantitative estimate of drug-likeness (QED) is 0.768. The second-order valence-corrected chi connectivity index (χ2v) is 6.45. The fraction of sp³-hybridized carbons (Fsp3) is 0.538. The van der Waals surface area contributed by atoms with Gasteiger partial charge in [0.25, 0.3) is 0 Å². The van der Waals surface area contributed by atoms with E-state index in [1.54, 1.807) is 7.05 Å². The van der Waals surface area contributed by atoms with Gasteiger partial charge in [-0.25, -0.2) is 8.42 Å². The summed E-state index contributed by atoms with van der Waals surface area (Å²) in [7, 11) is -1.61. The van der Waals surface area contributed by atoms with E-state index in [0.29, 0.717) is 6.42 Å². The smallest absolute Gasteiger partial charge is 0.234 e. The van der Waals surface area contributed by atoms with Crippen molar-refractivity contribution in [1.29, 1.82) is 0 Å². The van der Waals surface area contributed by atoms with Gasteiger partial charge in [-0.15, -0.1) is 0 Å². The van der Waals surface area contributed by atoms with Crippen molar-refractivity contribution >= 4 is 15.7 Å². The summed E-state index contributed by atoms with van der Waals surface area (Å²) in [4.78, 5) is 0. The zero-order chi connectivity index (χ0) is 13.6. The molecular weight excluding hydrogens is 248 g/mol. The molecule has 18 heavy (non-hydrogen) atoms. The van der Waals surface area contributed by atoms with Gasteiger partial charge in [0.2, 0.25) is 10.0 Å². The predicted molar refractivity (Wildman–Crippen MR) is 76.5 cm³/mol. The van der Waals surface area contributed by atoms with E-state index in [-0.39, 0.29) is 5.75 Å². The highest BCUT2D eigenvalue weighted by Crippen LogP contribution is 2.17. The van der Waals surface area contributed by atoms with E-state index >= 15 is 0 Å². The maximum Gasteiger partial charge on any atom is 0.234 e. The fourth-order valence-corrected chi connectivity index (χ4v) is 2.90. The highest BCUT2D eigenvalue weighted by Gasteiger charge is 2.17. The molecule has 0 unspecified atom stereocenters. The van der Waals surface area contributed by atoms with Gasteiger partial charge in [0.05, 0.1) is 11.4 Å². The molecule has 1 rings (SSSR count). The van der Waals surface area contributed by atoms with E-state index in [2.05, 4.69) is 5.32 Å². The van der Waals surface area contributed by atoms with Crippen LogP contribution >= 0.6 is 0 Å². The normalized spacial score (nSPS) is 11.5. The number of benzene rings is 1. The number of hydrogen-bond donors (Lipinski definition) is 1. The number of hydrogen-bond acceptors (Lipinski definition) is 3. The molecule has 102 valence electrons. The fourth-order valence-electron chi connectivity index (χ4n) is 1.68. The van der Waals surface area contributed by atoms with E-state index < -0.39 is 10.0 Å². The van der Waals surface area contributed by atoms with Crippen molar-refractivity contribution in [3.8, 4) is 0 Å². The molecule has 0 aliphatic rings. The van der Waals surface area contributed by atoms with Gasteiger partial charge < -0.3 is 5.32 Å². The lowest BCUT2D eigenvalue weighted by molar-refractivity contribution is 0.588. The van der Waals surface area contributed by atoms with Gasteiger partial charge in [0.1, 0.15) is 0 Å². The molecule has 0 aliphatic heterocycles. The maximum absolute atomic E-state index is 12.1. The topological polar surface area (TPSA) is 49.4 Å². The van der Waals surface area contributed by atoms with Gasteiger partial charge in [0, 0.05) is 7.05 Å². The Bertz CT molecular complexity index is 472. The Kier molecular flexibility index (Phi) is 5.62. The summed E-state index contributed by atoms with van der Waals surface area (Å²) < 4.78 is 25.6. The Hall–Kier alpha value is -1.07. The minimum absolute atomic E-state index is 0.171. The van der Waals surface area contributed by atoms with E-state index in [4.69, 9.17) is 0 Å². The Balaban J connectivity index is 2.67. The van der Waals surface area contributed by atoms with Crippen LogP contribution in [-0.2, 0) is 10.0 Å². The third-order valence-electron chi connectivity index (χ3n) is 2.79. The minimum atomic E-state index is -3.22. The zero-order valence-electron chi connectivity index (χ0n) is 11.3. The first-order valence-corrected chi connectivity index (χ1v) is 7.82. The number of nitrogens with zero attached hydrogens (tertiary/aromatic N) is 1. The van der Waals surface area contributed by atoms with E-state index in [0.717, 1.165) is 24.3 Å². The largest absolute Gasteiger partial charge is 0.317 e. The van der Waals surface area contributed by atoms with E-state index in [1.807, 2.05) is 38.1 Å². The van der Waals surface area contributed by atoms with Crippen LogP contribution in [0.5, 0.6) is 0 Å². The first-order valence-electron chi connectivity index (χ1n) is 6.21. The molecule has 5 heteroatoms. The van der Waals surface area contributed by atoms with Crippen molar-refractivity contribution in [2.75, 3.05) is 30.2 Å². The van der Waals surface area contributed by atoms with Crippen molar-refractivity contribution in [3.63, 3.8) is 0 Å². The number of sulfonamides is 1. The molecule has 1 N–H and O–H groups in total. The van der Waals surface area contributed by atoms with Gasteiger partial charge in [-0.2, -0.15) is 0 Å². The second kappa shape index (κ2) is 6.75. The Morgan fingerprint density at radius 2 is 2.06 bits per heavy atom. The molecule has 0 saturated carbocycles. The summed E-state index contributed by atoms with van der Waals surface area (Å²) in [5, 5.41) is 3.13. The zero-order valence-corrected chi connectivity index (χ0v) is 12.1. The number of anilines is 1. The Morgan fingerprint density at radius 1 is 1.33 bits per heavy atom. The molecule has 0 bridgehead atoms. The standard InChI is InChI=1S/C13H22N2O2S/c1-4-14-9-6-10-18(16,17)15(3)13-8-5-7-12(2)11-13/h5,7-8,11,14H,4,6,9-10H2,1-3H3. The summed E-state index contributed by atoms with van der Waals surface area (Å²) in [5.41, 5.74) is 1.78. The highest BCUT2D eigenvalue weighted by molar-refractivity contribution is 7.92. The lowest BCUT2D eigenvalue weighted by atomic mass is 10.2. The molecule has 0 amide bonds. The van der Waals surface area contributed by atoms with Crippen LogP contribution in [0.4, 0.5) is 5.69 Å². The van der Waals surface area contributed by atoms with Crippen molar-refractivity contribution in [1.82, 2.24) is 5.32 Å². The van der Waals surface area contributed by atoms with Crippen molar-refractivity contribution < 1.29 is 8.42 Å². The van der Waals surface area contributed by atoms with Crippen LogP contribution < -0.4 is 9.62 Å². The lowest BCUT2D eigenvalue weighted by Crippen LogP contribution is -2.30. The molecular formula is C13H22N2O2S. The lowest BCUT2D eigenvalue weighted by Gasteiger charge is -2.19. The molecule has 1 aromatic carbocycles. The van der Waals surface area contributed by atoms with Crippen LogP contribution in [0, 0.1) is 6.92 Å². The van der Waals surface area contributed by atoms with Gasteiger partial charge >= 0.3 is 0 Å². The van der Waals surface area contributed by atoms with Crippen molar-refractivity contribution in [2.45, 2.75) is 20.3 Å².